The van der Waals surface area contributed by atoms with Crippen molar-refractivity contribution in [3.8, 4) is 0 Å². The van der Waals surface area contributed by atoms with Gasteiger partial charge in [-0.1, -0.05) is 48.5 Å². The van der Waals surface area contributed by atoms with E-state index in [-0.39, 0.29) is 18.1 Å². The molecule has 8 nitrogen and oxygen atoms in total. The van der Waals surface area contributed by atoms with Crippen molar-refractivity contribution in [3.05, 3.63) is 70.8 Å². The molecule has 4 amide bonds. The van der Waals surface area contributed by atoms with Crippen LogP contribution in [0.4, 0.5) is 4.79 Å². The number of carbonyl (C=O) groups is 3. The molecule has 3 aliphatic rings. The van der Waals surface area contributed by atoms with E-state index in [2.05, 4.69) is 5.32 Å². The van der Waals surface area contributed by atoms with Gasteiger partial charge in [0.2, 0.25) is 5.91 Å². The van der Waals surface area contributed by atoms with Crippen LogP contribution in [0.5, 0.6) is 0 Å². The first-order valence-electron chi connectivity index (χ1n) is 12.0. The van der Waals surface area contributed by atoms with Crippen molar-refractivity contribution in [1.29, 1.82) is 0 Å². The summed E-state index contributed by atoms with van der Waals surface area (Å²) in [5.74, 6) is -1.01. The van der Waals surface area contributed by atoms with E-state index in [1.165, 1.54) is 16.0 Å². The van der Waals surface area contributed by atoms with E-state index in [1.54, 1.807) is 6.92 Å². The molecule has 0 aromatic heterocycles. The summed E-state index contributed by atoms with van der Waals surface area (Å²) in [6.45, 7) is 1.44. The van der Waals surface area contributed by atoms with Crippen LogP contribution >= 0.6 is 0 Å². The molecule has 2 aromatic rings. The maximum Gasteiger partial charge on any atom is 0.325 e. The zero-order valence-corrected chi connectivity index (χ0v) is 20.5. The lowest BCUT2D eigenvalue weighted by Crippen LogP contribution is -2.48. The van der Waals surface area contributed by atoms with Crippen molar-refractivity contribution in [2.75, 3.05) is 18.1 Å². The monoisotopic (exact) mass is 495 g/mol. The number of imide groups is 1. The average Bonchev–Trinajstić information content (AvgIpc) is 3.50. The first-order chi connectivity index (χ1) is 16.7. The second-order valence-electron chi connectivity index (χ2n) is 9.85. The lowest BCUT2D eigenvalue weighted by Gasteiger charge is -2.30. The Morgan fingerprint density at radius 2 is 1.86 bits per heavy atom. The Hall–Kier alpha value is -3.20. The fourth-order valence-electron chi connectivity index (χ4n) is 5.37. The van der Waals surface area contributed by atoms with Gasteiger partial charge in [-0.2, -0.15) is 0 Å². The molecule has 0 unspecified atom stereocenters. The molecule has 2 atom stereocenters. The summed E-state index contributed by atoms with van der Waals surface area (Å²) in [6.07, 6.45) is 3.38. The number of nitrogens with zero attached hydrogens (tertiary/aromatic N) is 2. The van der Waals surface area contributed by atoms with Crippen molar-refractivity contribution >= 4 is 27.7 Å². The van der Waals surface area contributed by atoms with Crippen LogP contribution in [0.3, 0.4) is 0 Å². The SMILES string of the molecule is C[C@@]1(c2ccc3c(c2)CCC3)NC(=O)N(CC(=O)N(Cc2ccccc2)[C@H]2CCS(=O)(=O)C2)C1=O. The molecule has 0 spiro atoms. The highest BCUT2D eigenvalue weighted by molar-refractivity contribution is 7.91. The van der Waals surface area contributed by atoms with Gasteiger partial charge in [-0.25, -0.2) is 13.2 Å². The summed E-state index contributed by atoms with van der Waals surface area (Å²) in [5, 5.41) is 2.79. The van der Waals surface area contributed by atoms with Gasteiger partial charge in [0.05, 0.1) is 11.5 Å². The van der Waals surface area contributed by atoms with Crippen LogP contribution in [-0.4, -0.2) is 60.2 Å². The standard InChI is InChI=1S/C26H29N3O5S/c1-26(21-11-10-19-8-5-9-20(19)14-21)24(31)29(25(32)27-26)16-23(30)28(15-18-6-3-2-4-7-18)22-12-13-35(33,34)17-22/h2-4,6-7,10-11,14,22H,5,8-9,12-13,15-17H2,1H3,(H,27,32)/t22-,26-/m0/s1. The third-order valence-corrected chi connectivity index (χ3v) is 9.16. The van der Waals surface area contributed by atoms with E-state index in [9.17, 15) is 22.8 Å². The number of hydrogen-bond acceptors (Lipinski definition) is 5. The van der Waals surface area contributed by atoms with Crippen LogP contribution in [-0.2, 0) is 44.4 Å². The van der Waals surface area contributed by atoms with E-state index in [4.69, 9.17) is 0 Å². The number of urea groups is 1. The van der Waals surface area contributed by atoms with Crippen LogP contribution in [0.1, 0.15) is 42.0 Å². The summed E-state index contributed by atoms with van der Waals surface area (Å²) < 4.78 is 24.3. The highest BCUT2D eigenvalue weighted by Gasteiger charge is 2.50. The summed E-state index contributed by atoms with van der Waals surface area (Å²) in [6, 6.07) is 14.1. The van der Waals surface area contributed by atoms with Gasteiger partial charge in [-0.15, -0.1) is 0 Å². The summed E-state index contributed by atoms with van der Waals surface area (Å²) in [7, 11) is -3.23. The summed E-state index contributed by atoms with van der Waals surface area (Å²) >= 11 is 0. The molecule has 0 saturated carbocycles. The maximum atomic E-state index is 13.5. The Kier molecular flexibility index (Phi) is 5.91. The van der Waals surface area contributed by atoms with Gasteiger partial charge in [-0.05, 0) is 54.9 Å². The van der Waals surface area contributed by atoms with Crippen LogP contribution in [0, 0.1) is 0 Å². The lowest BCUT2D eigenvalue weighted by atomic mass is 9.89. The van der Waals surface area contributed by atoms with Gasteiger partial charge in [-0.3, -0.25) is 14.5 Å². The van der Waals surface area contributed by atoms with Crippen molar-refractivity contribution in [1.82, 2.24) is 15.1 Å². The molecule has 35 heavy (non-hydrogen) atoms. The normalized spacial score (nSPS) is 24.9. The van der Waals surface area contributed by atoms with Gasteiger partial charge in [0.15, 0.2) is 9.84 Å². The molecule has 1 aliphatic carbocycles. The predicted octanol–water partition coefficient (Wildman–Crippen LogP) is 2.16. The minimum Gasteiger partial charge on any atom is -0.333 e. The van der Waals surface area contributed by atoms with Crippen molar-refractivity contribution in [2.45, 2.75) is 50.7 Å². The predicted molar refractivity (Wildman–Crippen MR) is 130 cm³/mol. The van der Waals surface area contributed by atoms with Gasteiger partial charge in [0.25, 0.3) is 5.91 Å². The molecule has 0 bridgehead atoms. The first kappa shape index (κ1) is 23.5. The smallest absolute Gasteiger partial charge is 0.325 e. The zero-order valence-electron chi connectivity index (χ0n) is 19.7. The maximum absolute atomic E-state index is 13.5. The molecule has 5 rings (SSSR count). The molecule has 9 heteroatoms. The van der Waals surface area contributed by atoms with Crippen molar-refractivity contribution in [2.24, 2.45) is 0 Å². The highest BCUT2D eigenvalue weighted by Crippen LogP contribution is 2.33. The fourth-order valence-corrected chi connectivity index (χ4v) is 7.10. The Balaban J connectivity index is 1.37. The van der Waals surface area contributed by atoms with E-state index in [0.717, 1.165) is 29.7 Å². The van der Waals surface area contributed by atoms with Crippen molar-refractivity contribution in [3.63, 3.8) is 0 Å². The molecular formula is C26H29N3O5S. The zero-order chi connectivity index (χ0) is 24.8. The number of fused-ring (bicyclic) bond motifs is 1. The first-order valence-corrected chi connectivity index (χ1v) is 13.8. The molecule has 2 fully saturated rings. The van der Waals surface area contributed by atoms with E-state index >= 15 is 0 Å². The van der Waals surface area contributed by atoms with E-state index in [1.807, 2.05) is 48.5 Å². The second kappa shape index (κ2) is 8.78. The average molecular weight is 496 g/mol. The molecular weight excluding hydrogens is 466 g/mol. The largest absolute Gasteiger partial charge is 0.333 e. The number of benzene rings is 2. The van der Waals surface area contributed by atoms with Crippen molar-refractivity contribution < 1.29 is 22.8 Å². The fraction of sp³-hybridized carbons (Fsp3) is 0.423. The van der Waals surface area contributed by atoms with Crippen LogP contribution in [0.2, 0.25) is 0 Å². The van der Waals surface area contributed by atoms with E-state index in [0.29, 0.717) is 12.0 Å². The van der Waals surface area contributed by atoms with Gasteiger partial charge < -0.3 is 10.2 Å². The van der Waals surface area contributed by atoms with E-state index < -0.39 is 45.8 Å². The number of rotatable bonds is 6. The Morgan fingerprint density at radius 3 is 2.57 bits per heavy atom. The minimum absolute atomic E-state index is 0.0236. The number of nitrogens with one attached hydrogen (secondary N) is 1. The highest BCUT2D eigenvalue weighted by atomic mass is 32.2. The number of hydrogen-bond donors (Lipinski definition) is 1. The molecule has 184 valence electrons. The number of amides is 4. The number of aryl methyl sites for hydroxylation is 2. The minimum atomic E-state index is -3.23. The van der Waals surface area contributed by atoms with Gasteiger partial charge in [0, 0.05) is 12.6 Å². The van der Waals surface area contributed by atoms with Gasteiger partial charge >= 0.3 is 6.03 Å². The molecule has 2 aliphatic heterocycles. The second-order valence-corrected chi connectivity index (χ2v) is 12.1. The Labute approximate surface area is 205 Å². The third-order valence-electron chi connectivity index (χ3n) is 7.41. The summed E-state index contributed by atoms with van der Waals surface area (Å²) in [5.41, 5.74) is 2.76. The molecule has 1 N–H and O–H groups in total. The molecule has 0 radical (unpaired) electrons. The third kappa shape index (κ3) is 4.45. The number of sulfone groups is 1. The number of carbonyl (C=O) groups excluding carboxylic acids is 3. The topological polar surface area (TPSA) is 104 Å². The van der Waals surface area contributed by atoms with Crippen LogP contribution < -0.4 is 5.32 Å². The molecule has 2 heterocycles. The Morgan fingerprint density at radius 1 is 1.11 bits per heavy atom. The quantitative estimate of drug-likeness (QED) is 0.619. The lowest BCUT2D eigenvalue weighted by molar-refractivity contribution is -0.140. The van der Waals surface area contributed by atoms with Crippen LogP contribution in [0.15, 0.2) is 48.5 Å². The molecule has 2 saturated heterocycles. The molecule has 2 aromatic carbocycles. The van der Waals surface area contributed by atoms with Gasteiger partial charge in [0.1, 0.15) is 12.1 Å². The van der Waals surface area contributed by atoms with Crippen LogP contribution in [0.25, 0.3) is 0 Å². The Bertz CT molecular complexity index is 1290. The summed E-state index contributed by atoms with van der Waals surface area (Å²) in [4.78, 5) is 42.2.